The van der Waals surface area contributed by atoms with E-state index in [2.05, 4.69) is 15.5 Å². The Balaban J connectivity index is 1.93. The first-order chi connectivity index (χ1) is 14.5. The maximum Gasteiger partial charge on any atom is 0.266 e. The SMILES string of the molecule is COc1ccc(-c2[nH]ncc2C=C(C#N)C(=O)Nc2cc(Cl)ccc2C)cc1OC. The first-order valence-electron chi connectivity index (χ1n) is 8.92. The summed E-state index contributed by atoms with van der Waals surface area (Å²) >= 11 is 6.00. The summed E-state index contributed by atoms with van der Waals surface area (Å²) in [6.45, 7) is 1.84. The van der Waals surface area contributed by atoms with Gasteiger partial charge in [0.1, 0.15) is 11.6 Å². The van der Waals surface area contributed by atoms with Gasteiger partial charge in [0.15, 0.2) is 11.5 Å². The minimum absolute atomic E-state index is 0.0718. The minimum Gasteiger partial charge on any atom is -0.493 e. The number of H-pyrrole nitrogens is 1. The number of nitrogens with one attached hydrogen (secondary N) is 2. The van der Waals surface area contributed by atoms with E-state index in [9.17, 15) is 10.1 Å². The van der Waals surface area contributed by atoms with Gasteiger partial charge in [-0.3, -0.25) is 9.89 Å². The van der Waals surface area contributed by atoms with Gasteiger partial charge in [0.25, 0.3) is 5.91 Å². The van der Waals surface area contributed by atoms with Crippen molar-refractivity contribution in [1.82, 2.24) is 10.2 Å². The largest absolute Gasteiger partial charge is 0.493 e. The van der Waals surface area contributed by atoms with Crippen molar-refractivity contribution in [2.45, 2.75) is 6.92 Å². The van der Waals surface area contributed by atoms with Crippen LogP contribution in [0.5, 0.6) is 11.5 Å². The van der Waals surface area contributed by atoms with Crippen molar-refractivity contribution in [3.05, 3.63) is 64.3 Å². The van der Waals surface area contributed by atoms with Gasteiger partial charge in [-0.1, -0.05) is 17.7 Å². The first kappa shape index (κ1) is 21.0. The molecule has 0 unspecified atom stereocenters. The number of aromatic amines is 1. The van der Waals surface area contributed by atoms with E-state index in [0.29, 0.717) is 33.5 Å². The number of aryl methyl sites for hydroxylation is 1. The molecule has 1 aromatic heterocycles. The van der Waals surface area contributed by atoms with Gasteiger partial charge in [-0.05, 0) is 48.9 Å². The van der Waals surface area contributed by atoms with Crippen LogP contribution in [0.3, 0.4) is 0 Å². The van der Waals surface area contributed by atoms with Crippen LogP contribution < -0.4 is 14.8 Å². The molecule has 0 atom stereocenters. The fraction of sp³-hybridized carbons (Fsp3) is 0.136. The number of halogens is 1. The van der Waals surface area contributed by atoms with Gasteiger partial charge in [0.05, 0.1) is 26.1 Å². The van der Waals surface area contributed by atoms with Crippen LogP contribution in [0.2, 0.25) is 5.02 Å². The highest BCUT2D eigenvalue weighted by Gasteiger charge is 2.15. The van der Waals surface area contributed by atoms with Crippen LogP contribution in [0.4, 0.5) is 5.69 Å². The molecular formula is C22H19ClN4O3. The number of nitrogens with zero attached hydrogens (tertiary/aromatic N) is 2. The summed E-state index contributed by atoms with van der Waals surface area (Å²) in [6.07, 6.45) is 3.02. The third-order valence-corrected chi connectivity index (χ3v) is 4.69. The van der Waals surface area contributed by atoms with E-state index in [1.165, 1.54) is 6.08 Å². The number of rotatable bonds is 6. The molecule has 0 saturated carbocycles. The fourth-order valence-corrected chi connectivity index (χ4v) is 3.02. The number of anilines is 1. The van der Waals surface area contributed by atoms with Crippen molar-refractivity contribution in [1.29, 1.82) is 5.26 Å². The molecule has 0 saturated heterocycles. The summed E-state index contributed by atoms with van der Waals surface area (Å²) < 4.78 is 10.6. The van der Waals surface area contributed by atoms with Crippen molar-refractivity contribution in [2.24, 2.45) is 0 Å². The van der Waals surface area contributed by atoms with E-state index in [0.717, 1.165) is 11.1 Å². The van der Waals surface area contributed by atoms with E-state index in [1.54, 1.807) is 50.7 Å². The van der Waals surface area contributed by atoms with Crippen molar-refractivity contribution in [2.75, 3.05) is 19.5 Å². The van der Waals surface area contributed by atoms with E-state index >= 15 is 0 Å². The summed E-state index contributed by atoms with van der Waals surface area (Å²) in [7, 11) is 3.10. The van der Waals surface area contributed by atoms with E-state index in [4.69, 9.17) is 21.1 Å². The van der Waals surface area contributed by atoms with Gasteiger partial charge in [0.2, 0.25) is 0 Å². The Morgan fingerprint density at radius 3 is 2.67 bits per heavy atom. The molecule has 0 aliphatic carbocycles. The smallest absolute Gasteiger partial charge is 0.266 e. The predicted octanol–water partition coefficient (Wildman–Crippen LogP) is 4.60. The molecule has 7 nitrogen and oxygen atoms in total. The number of carbonyl (C=O) groups is 1. The minimum atomic E-state index is -0.540. The number of aromatic nitrogens is 2. The molecule has 0 radical (unpaired) electrons. The molecule has 152 valence electrons. The van der Waals surface area contributed by atoms with Gasteiger partial charge in [-0.15, -0.1) is 0 Å². The van der Waals surface area contributed by atoms with Gasteiger partial charge in [0, 0.05) is 21.8 Å². The average molecular weight is 423 g/mol. The van der Waals surface area contributed by atoms with Gasteiger partial charge >= 0.3 is 0 Å². The van der Waals surface area contributed by atoms with Crippen LogP contribution in [-0.4, -0.2) is 30.3 Å². The maximum absolute atomic E-state index is 12.7. The molecule has 0 aliphatic heterocycles. The molecule has 8 heteroatoms. The molecule has 0 fully saturated rings. The zero-order valence-corrected chi connectivity index (χ0v) is 17.4. The van der Waals surface area contributed by atoms with E-state index in [-0.39, 0.29) is 5.57 Å². The summed E-state index contributed by atoms with van der Waals surface area (Å²) in [4.78, 5) is 12.7. The lowest BCUT2D eigenvalue weighted by Gasteiger charge is -2.10. The maximum atomic E-state index is 12.7. The monoisotopic (exact) mass is 422 g/mol. The number of ether oxygens (including phenoxy) is 2. The van der Waals surface area contributed by atoms with Crippen molar-refractivity contribution >= 4 is 29.3 Å². The molecule has 2 N–H and O–H groups in total. The first-order valence-corrected chi connectivity index (χ1v) is 9.29. The Kier molecular flexibility index (Phi) is 6.40. The number of benzene rings is 2. The lowest BCUT2D eigenvalue weighted by atomic mass is 10.0. The third kappa shape index (κ3) is 4.45. The summed E-state index contributed by atoms with van der Waals surface area (Å²) in [5.41, 5.74) is 3.28. The van der Waals surface area contributed by atoms with Crippen molar-refractivity contribution in [3.63, 3.8) is 0 Å². The molecule has 3 aromatic rings. The number of methoxy groups -OCH3 is 2. The van der Waals surface area contributed by atoms with Crippen LogP contribution >= 0.6 is 11.6 Å². The van der Waals surface area contributed by atoms with Crippen LogP contribution in [0.25, 0.3) is 17.3 Å². The van der Waals surface area contributed by atoms with Gasteiger partial charge in [-0.2, -0.15) is 10.4 Å². The standard InChI is InChI=1S/C22H19ClN4O3/c1-13-4-6-17(23)10-18(13)26-22(28)15(11-24)8-16-12-25-27-21(16)14-5-7-19(29-2)20(9-14)30-3/h4-10,12H,1-3H3,(H,25,27)(H,26,28). The topological polar surface area (TPSA) is 100 Å². The third-order valence-electron chi connectivity index (χ3n) is 4.45. The number of nitriles is 1. The average Bonchev–Trinajstić information content (AvgIpc) is 3.22. The molecule has 0 aliphatic rings. The van der Waals surface area contributed by atoms with Crippen LogP contribution in [0.1, 0.15) is 11.1 Å². The van der Waals surface area contributed by atoms with E-state index < -0.39 is 5.91 Å². The number of hydrogen-bond acceptors (Lipinski definition) is 5. The molecule has 2 aromatic carbocycles. The highest BCUT2D eigenvalue weighted by molar-refractivity contribution is 6.31. The molecule has 0 spiro atoms. The summed E-state index contributed by atoms with van der Waals surface area (Å²) in [5, 5.41) is 19.7. The number of hydrogen-bond donors (Lipinski definition) is 2. The Bertz CT molecular complexity index is 1160. The lowest BCUT2D eigenvalue weighted by Crippen LogP contribution is -2.14. The zero-order chi connectivity index (χ0) is 21.7. The van der Waals surface area contributed by atoms with Crippen LogP contribution in [0.15, 0.2) is 48.2 Å². The van der Waals surface area contributed by atoms with E-state index in [1.807, 2.05) is 19.1 Å². The molecule has 0 bridgehead atoms. The highest BCUT2D eigenvalue weighted by Crippen LogP contribution is 2.33. The lowest BCUT2D eigenvalue weighted by molar-refractivity contribution is -0.112. The quantitative estimate of drug-likeness (QED) is 0.446. The molecule has 30 heavy (non-hydrogen) atoms. The zero-order valence-electron chi connectivity index (χ0n) is 16.6. The second kappa shape index (κ2) is 9.16. The molecular weight excluding hydrogens is 404 g/mol. The molecule has 1 heterocycles. The van der Waals surface area contributed by atoms with Crippen molar-refractivity contribution < 1.29 is 14.3 Å². The fourth-order valence-electron chi connectivity index (χ4n) is 2.85. The number of carbonyl (C=O) groups excluding carboxylic acids is 1. The van der Waals surface area contributed by atoms with Crippen LogP contribution in [-0.2, 0) is 4.79 Å². The Labute approximate surface area is 178 Å². The Hall–Kier alpha value is -3.76. The predicted molar refractivity (Wildman–Crippen MR) is 116 cm³/mol. The second-order valence-corrected chi connectivity index (χ2v) is 6.79. The normalized spacial score (nSPS) is 11.0. The Morgan fingerprint density at radius 2 is 1.97 bits per heavy atom. The van der Waals surface area contributed by atoms with Gasteiger partial charge < -0.3 is 14.8 Å². The number of amides is 1. The molecule has 3 rings (SSSR count). The van der Waals surface area contributed by atoms with Crippen LogP contribution in [0, 0.1) is 18.3 Å². The summed E-state index contributed by atoms with van der Waals surface area (Å²) in [5.74, 6) is 0.600. The summed E-state index contributed by atoms with van der Waals surface area (Å²) in [6, 6.07) is 12.5. The van der Waals surface area contributed by atoms with Crippen molar-refractivity contribution in [3.8, 4) is 28.8 Å². The highest BCUT2D eigenvalue weighted by atomic mass is 35.5. The molecule has 1 amide bonds. The van der Waals surface area contributed by atoms with Gasteiger partial charge in [-0.25, -0.2) is 0 Å². The Morgan fingerprint density at radius 1 is 1.20 bits per heavy atom. The second-order valence-electron chi connectivity index (χ2n) is 6.35.